The van der Waals surface area contributed by atoms with Crippen LogP contribution < -0.4 is 5.32 Å². The molecule has 7 nitrogen and oxygen atoms in total. The number of rotatable bonds is 6. The predicted molar refractivity (Wildman–Crippen MR) is 104 cm³/mol. The van der Waals surface area contributed by atoms with E-state index in [-0.39, 0.29) is 0 Å². The summed E-state index contributed by atoms with van der Waals surface area (Å²) in [4.78, 5) is 14.2. The molecule has 0 aliphatic carbocycles. The van der Waals surface area contributed by atoms with Crippen molar-refractivity contribution in [2.45, 2.75) is 20.0 Å². The van der Waals surface area contributed by atoms with E-state index in [1.54, 1.807) is 7.05 Å². The second-order valence-corrected chi connectivity index (χ2v) is 6.22. The summed E-state index contributed by atoms with van der Waals surface area (Å²) in [6.07, 6.45) is 5.76. The van der Waals surface area contributed by atoms with E-state index in [1.807, 2.05) is 60.3 Å². The number of aromatic amines is 1. The monoisotopic (exact) mass is 351 g/mol. The lowest BCUT2D eigenvalue weighted by atomic mass is 10.2. The number of imidazole rings is 1. The van der Waals surface area contributed by atoms with Gasteiger partial charge >= 0.3 is 0 Å². The molecule has 0 amide bonds. The quantitative estimate of drug-likeness (QED) is 0.528. The van der Waals surface area contributed by atoms with Crippen molar-refractivity contribution in [3.8, 4) is 11.3 Å². The number of H-pyrrole nitrogens is 1. The minimum atomic E-state index is 0.646. The van der Waals surface area contributed by atoms with Gasteiger partial charge in [-0.1, -0.05) is 30.3 Å². The van der Waals surface area contributed by atoms with Crippen molar-refractivity contribution < 1.29 is 0 Å². The summed E-state index contributed by atoms with van der Waals surface area (Å²) in [6, 6.07) is 10.2. The number of aromatic nitrogens is 4. The first-order chi connectivity index (χ1) is 12.7. The van der Waals surface area contributed by atoms with Crippen LogP contribution in [0.2, 0.25) is 0 Å². The first kappa shape index (κ1) is 17.7. The zero-order chi connectivity index (χ0) is 18.4. The van der Waals surface area contributed by atoms with Crippen molar-refractivity contribution in [2.75, 3.05) is 20.6 Å². The van der Waals surface area contributed by atoms with Crippen LogP contribution in [0.1, 0.15) is 11.4 Å². The molecule has 0 spiro atoms. The second-order valence-electron chi connectivity index (χ2n) is 6.22. The summed E-state index contributed by atoms with van der Waals surface area (Å²) < 4.78 is 1.92. The van der Waals surface area contributed by atoms with Gasteiger partial charge in [-0.15, -0.1) is 0 Å². The zero-order valence-corrected chi connectivity index (χ0v) is 15.5. The van der Waals surface area contributed by atoms with Gasteiger partial charge in [-0.3, -0.25) is 9.67 Å². The molecular weight excluding hydrogens is 326 g/mol. The number of nitrogens with zero attached hydrogens (tertiary/aromatic N) is 5. The summed E-state index contributed by atoms with van der Waals surface area (Å²) in [7, 11) is 3.78. The second kappa shape index (κ2) is 8.33. The number of aryl methyl sites for hydroxylation is 1. The Morgan fingerprint density at radius 3 is 2.77 bits per heavy atom. The highest BCUT2D eigenvalue weighted by Crippen LogP contribution is 2.16. The number of hydrogen-bond donors (Lipinski definition) is 2. The Bertz CT molecular complexity index is 848. The van der Waals surface area contributed by atoms with Crippen molar-refractivity contribution >= 4 is 5.96 Å². The molecule has 26 heavy (non-hydrogen) atoms. The fourth-order valence-corrected chi connectivity index (χ4v) is 2.76. The Balaban J connectivity index is 1.54. The van der Waals surface area contributed by atoms with E-state index in [2.05, 4.69) is 37.5 Å². The van der Waals surface area contributed by atoms with E-state index >= 15 is 0 Å². The maximum atomic E-state index is 4.49. The van der Waals surface area contributed by atoms with Gasteiger partial charge in [-0.2, -0.15) is 5.10 Å². The summed E-state index contributed by atoms with van der Waals surface area (Å²) in [5.74, 6) is 1.73. The maximum Gasteiger partial charge on any atom is 0.193 e. The molecule has 0 aliphatic heterocycles. The first-order valence-electron chi connectivity index (χ1n) is 8.66. The molecule has 1 aromatic carbocycles. The molecule has 0 fully saturated rings. The Morgan fingerprint density at radius 1 is 1.27 bits per heavy atom. The third-order valence-corrected chi connectivity index (χ3v) is 4.06. The van der Waals surface area contributed by atoms with Crippen molar-refractivity contribution in [1.82, 2.24) is 30.0 Å². The molecule has 136 valence electrons. The van der Waals surface area contributed by atoms with Crippen molar-refractivity contribution in [1.29, 1.82) is 0 Å². The van der Waals surface area contributed by atoms with Crippen LogP contribution >= 0.6 is 0 Å². The van der Waals surface area contributed by atoms with Gasteiger partial charge in [-0.25, -0.2) is 4.98 Å². The van der Waals surface area contributed by atoms with Crippen molar-refractivity contribution in [3.05, 3.63) is 60.3 Å². The number of hydrogen-bond acceptors (Lipinski definition) is 3. The average molecular weight is 351 g/mol. The van der Waals surface area contributed by atoms with Gasteiger partial charge in [0.15, 0.2) is 5.96 Å². The van der Waals surface area contributed by atoms with E-state index < -0.39 is 0 Å². The van der Waals surface area contributed by atoms with Gasteiger partial charge in [0.2, 0.25) is 0 Å². The van der Waals surface area contributed by atoms with Crippen molar-refractivity contribution in [2.24, 2.45) is 4.99 Å². The van der Waals surface area contributed by atoms with Gasteiger partial charge in [0.1, 0.15) is 5.82 Å². The van der Waals surface area contributed by atoms with Crippen LogP contribution in [-0.4, -0.2) is 51.2 Å². The summed E-state index contributed by atoms with van der Waals surface area (Å²) in [5.41, 5.74) is 3.32. The Morgan fingerprint density at radius 2 is 2.08 bits per heavy atom. The van der Waals surface area contributed by atoms with Gasteiger partial charge < -0.3 is 15.2 Å². The predicted octanol–water partition coefficient (Wildman–Crippen LogP) is 2.29. The van der Waals surface area contributed by atoms with Gasteiger partial charge in [0.25, 0.3) is 0 Å². The molecule has 0 unspecified atom stereocenters. The molecule has 0 saturated carbocycles. The normalized spacial score (nSPS) is 11.6. The van der Waals surface area contributed by atoms with Crippen LogP contribution in [0, 0.1) is 6.92 Å². The number of guanidine groups is 1. The van der Waals surface area contributed by atoms with Gasteiger partial charge in [0.05, 0.1) is 31.2 Å². The van der Waals surface area contributed by atoms with Crippen LogP contribution in [0.4, 0.5) is 0 Å². The highest BCUT2D eigenvalue weighted by atomic mass is 15.3. The topological polar surface area (TPSA) is 74.1 Å². The van der Waals surface area contributed by atoms with E-state index in [0.29, 0.717) is 6.54 Å². The summed E-state index contributed by atoms with van der Waals surface area (Å²) in [5, 5.41) is 7.65. The zero-order valence-electron chi connectivity index (χ0n) is 15.5. The number of benzene rings is 1. The van der Waals surface area contributed by atoms with Crippen LogP contribution in [-0.2, 0) is 13.1 Å². The van der Waals surface area contributed by atoms with Gasteiger partial charge in [0, 0.05) is 26.8 Å². The Hall–Kier alpha value is -3.09. The van der Waals surface area contributed by atoms with E-state index in [0.717, 1.165) is 36.1 Å². The lowest BCUT2D eigenvalue weighted by Gasteiger charge is -2.21. The minimum Gasteiger partial charge on any atom is -0.354 e. The highest BCUT2D eigenvalue weighted by Gasteiger charge is 2.09. The molecule has 3 rings (SSSR count). The average Bonchev–Trinajstić information content (AvgIpc) is 3.28. The summed E-state index contributed by atoms with van der Waals surface area (Å²) >= 11 is 0. The Kier molecular flexibility index (Phi) is 5.68. The Labute approximate surface area is 153 Å². The molecule has 0 radical (unpaired) electrons. The van der Waals surface area contributed by atoms with Gasteiger partial charge in [-0.05, 0) is 18.1 Å². The molecule has 3 aromatic rings. The van der Waals surface area contributed by atoms with Crippen LogP contribution in [0.5, 0.6) is 0 Å². The fraction of sp³-hybridized carbons (Fsp3) is 0.316. The molecule has 0 aliphatic rings. The first-order valence-corrected chi connectivity index (χ1v) is 8.66. The van der Waals surface area contributed by atoms with Crippen LogP contribution in [0.15, 0.2) is 53.9 Å². The van der Waals surface area contributed by atoms with Crippen molar-refractivity contribution in [3.63, 3.8) is 0 Å². The molecule has 0 atom stereocenters. The molecule has 7 heteroatoms. The molecule has 2 heterocycles. The highest BCUT2D eigenvalue weighted by molar-refractivity contribution is 5.79. The number of aliphatic imine (C=N–C) groups is 1. The third kappa shape index (κ3) is 4.50. The maximum absolute atomic E-state index is 4.49. The number of nitrogens with one attached hydrogen (secondary N) is 2. The molecule has 2 aromatic heterocycles. The molecule has 0 saturated heterocycles. The molecule has 2 N–H and O–H groups in total. The van der Waals surface area contributed by atoms with E-state index in [4.69, 9.17) is 0 Å². The summed E-state index contributed by atoms with van der Waals surface area (Å²) in [6.45, 7) is 4.23. The van der Waals surface area contributed by atoms with E-state index in [9.17, 15) is 0 Å². The smallest absolute Gasteiger partial charge is 0.193 e. The van der Waals surface area contributed by atoms with Crippen LogP contribution in [0.25, 0.3) is 11.3 Å². The van der Waals surface area contributed by atoms with E-state index in [1.165, 1.54) is 5.56 Å². The molecular formula is C19H25N7. The standard InChI is InChI=1S/C19H25N7/c1-15-11-23-26(13-15)10-9-21-19(20-2)25(3)14-18-22-12-17(24-18)16-7-5-4-6-8-16/h4-8,11-13H,9-10,14H2,1-3H3,(H,20,21)(H,22,24). The lowest BCUT2D eigenvalue weighted by Crippen LogP contribution is -2.40. The molecule has 0 bridgehead atoms. The minimum absolute atomic E-state index is 0.646. The SMILES string of the molecule is CN=C(NCCn1cc(C)cn1)N(C)Cc1ncc(-c2ccccc2)[nH]1. The van der Waals surface area contributed by atoms with Crippen LogP contribution in [0.3, 0.4) is 0 Å². The fourth-order valence-electron chi connectivity index (χ4n) is 2.76. The third-order valence-electron chi connectivity index (χ3n) is 4.06. The largest absolute Gasteiger partial charge is 0.354 e. The lowest BCUT2D eigenvalue weighted by molar-refractivity contribution is 0.459.